The highest BCUT2D eigenvalue weighted by Crippen LogP contribution is 2.35. The van der Waals surface area contributed by atoms with Crippen molar-refractivity contribution in [1.82, 2.24) is 0 Å². The summed E-state index contributed by atoms with van der Waals surface area (Å²) in [5.41, 5.74) is 6.57. The van der Waals surface area contributed by atoms with Gasteiger partial charge in [0.1, 0.15) is 10.7 Å². The molecule has 9 heteroatoms. The number of anilines is 3. The molecular formula is C12H10BrClFN3O2S. The van der Waals surface area contributed by atoms with Gasteiger partial charge < -0.3 is 11.1 Å². The minimum Gasteiger partial charge on any atom is -0.398 e. The minimum absolute atomic E-state index is 0.00291. The normalized spacial score (nSPS) is 11.4. The second-order valence-corrected chi connectivity index (χ2v) is 6.96. The van der Waals surface area contributed by atoms with Crippen LogP contribution in [0.4, 0.5) is 21.5 Å². The molecule has 0 aliphatic heterocycles. The third-order valence-electron chi connectivity index (χ3n) is 2.59. The van der Waals surface area contributed by atoms with Crippen LogP contribution >= 0.6 is 27.5 Å². The summed E-state index contributed by atoms with van der Waals surface area (Å²) in [5.74, 6) is -0.485. The first-order valence-electron chi connectivity index (χ1n) is 5.52. The number of rotatable bonds is 3. The summed E-state index contributed by atoms with van der Waals surface area (Å²) in [7, 11) is -3.88. The van der Waals surface area contributed by atoms with E-state index in [4.69, 9.17) is 22.5 Å². The van der Waals surface area contributed by atoms with Crippen molar-refractivity contribution < 1.29 is 12.8 Å². The fraction of sp³-hybridized carbons (Fsp3) is 0. The quantitative estimate of drug-likeness (QED) is 0.696. The van der Waals surface area contributed by atoms with Crippen LogP contribution in [0.1, 0.15) is 0 Å². The van der Waals surface area contributed by atoms with Gasteiger partial charge >= 0.3 is 0 Å². The largest absolute Gasteiger partial charge is 0.398 e. The first kappa shape index (κ1) is 16.0. The fourth-order valence-electron chi connectivity index (χ4n) is 1.69. The molecule has 0 atom stereocenters. The van der Waals surface area contributed by atoms with Crippen molar-refractivity contribution in [3.63, 3.8) is 0 Å². The Morgan fingerprint density at radius 1 is 1.24 bits per heavy atom. The zero-order valence-electron chi connectivity index (χ0n) is 10.4. The Morgan fingerprint density at radius 3 is 2.43 bits per heavy atom. The average Bonchev–Trinajstić information content (AvgIpc) is 2.32. The molecule has 2 aromatic carbocycles. The lowest BCUT2D eigenvalue weighted by Crippen LogP contribution is -2.14. The summed E-state index contributed by atoms with van der Waals surface area (Å²) in [5, 5.41) is 8.12. The number of benzene rings is 2. The highest BCUT2D eigenvalue weighted by atomic mass is 79.9. The van der Waals surface area contributed by atoms with Crippen LogP contribution in [-0.2, 0) is 10.0 Å². The number of nitrogens with two attached hydrogens (primary N) is 2. The third kappa shape index (κ3) is 3.65. The molecule has 0 heterocycles. The summed E-state index contributed by atoms with van der Waals surface area (Å²) in [6, 6.07) is 6.54. The van der Waals surface area contributed by atoms with Crippen molar-refractivity contribution in [1.29, 1.82) is 0 Å². The van der Waals surface area contributed by atoms with Crippen molar-refractivity contribution in [2.24, 2.45) is 5.14 Å². The Morgan fingerprint density at radius 2 is 1.90 bits per heavy atom. The second kappa shape index (κ2) is 5.80. The van der Waals surface area contributed by atoms with Crippen LogP contribution in [0.2, 0.25) is 5.02 Å². The maximum absolute atomic E-state index is 13.2. The molecule has 112 valence electrons. The second-order valence-electron chi connectivity index (χ2n) is 4.17. The average molecular weight is 395 g/mol. The number of sulfonamides is 1. The molecule has 5 N–H and O–H groups in total. The summed E-state index contributed by atoms with van der Waals surface area (Å²) < 4.78 is 36.1. The molecule has 2 aromatic rings. The van der Waals surface area contributed by atoms with Crippen LogP contribution in [0, 0.1) is 5.82 Å². The standard InChI is InChI=1S/C12H10BrClFN3O2S/c13-8-3-6(15)4-9(14)12(8)18-7-1-2-11(10(16)5-7)21(17,19)20/h1-5,18H,16H2,(H2,17,19,20). The van der Waals surface area contributed by atoms with E-state index >= 15 is 0 Å². The van der Waals surface area contributed by atoms with Crippen LogP contribution in [-0.4, -0.2) is 8.42 Å². The van der Waals surface area contributed by atoms with Gasteiger partial charge in [0.25, 0.3) is 0 Å². The molecule has 0 radical (unpaired) electrons. The Balaban J connectivity index is 2.40. The molecule has 0 aliphatic rings. The Hall–Kier alpha value is -1.35. The van der Waals surface area contributed by atoms with E-state index in [0.29, 0.717) is 15.8 Å². The molecule has 0 saturated heterocycles. The number of hydrogen-bond donors (Lipinski definition) is 3. The zero-order valence-corrected chi connectivity index (χ0v) is 13.6. The van der Waals surface area contributed by atoms with Gasteiger partial charge in [0.2, 0.25) is 10.0 Å². The molecule has 0 aromatic heterocycles. The van der Waals surface area contributed by atoms with Crippen LogP contribution in [0.15, 0.2) is 39.7 Å². The number of hydrogen-bond acceptors (Lipinski definition) is 4. The van der Waals surface area contributed by atoms with Crippen molar-refractivity contribution >= 4 is 54.6 Å². The van der Waals surface area contributed by atoms with Crippen molar-refractivity contribution in [2.75, 3.05) is 11.1 Å². The summed E-state index contributed by atoms with van der Waals surface area (Å²) in [6.07, 6.45) is 0. The van der Waals surface area contributed by atoms with Crippen molar-refractivity contribution in [2.45, 2.75) is 4.90 Å². The monoisotopic (exact) mass is 393 g/mol. The van der Waals surface area contributed by atoms with Gasteiger partial charge in [0.05, 0.1) is 16.4 Å². The smallest absolute Gasteiger partial charge is 0.240 e. The van der Waals surface area contributed by atoms with Crippen LogP contribution in [0.5, 0.6) is 0 Å². The molecule has 0 spiro atoms. The van der Waals surface area contributed by atoms with E-state index in [0.717, 1.165) is 6.07 Å². The molecule has 0 bridgehead atoms. The summed E-state index contributed by atoms with van der Waals surface area (Å²) in [6.45, 7) is 0. The molecule has 0 amide bonds. The van der Waals surface area contributed by atoms with E-state index in [2.05, 4.69) is 21.2 Å². The van der Waals surface area contributed by atoms with Gasteiger partial charge in [-0.05, 0) is 46.3 Å². The molecule has 0 unspecified atom stereocenters. The predicted octanol–water partition coefficient (Wildman–Crippen LogP) is 3.21. The highest BCUT2D eigenvalue weighted by Gasteiger charge is 2.14. The molecule has 5 nitrogen and oxygen atoms in total. The van der Waals surface area contributed by atoms with Gasteiger partial charge in [-0.3, -0.25) is 0 Å². The van der Waals surface area contributed by atoms with Crippen LogP contribution < -0.4 is 16.2 Å². The first-order valence-corrected chi connectivity index (χ1v) is 8.24. The van der Waals surface area contributed by atoms with E-state index in [-0.39, 0.29) is 15.6 Å². The molecule has 0 fully saturated rings. The van der Waals surface area contributed by atoms with E-state index in [1.165, 1.54) is 24.3 Å². The number of nitrogens with one attached hydrogen (secondary N) is 1. The fourth-order valence-corrected chi connectivity index (χ4v) is 3.24. The Labute approximate surface area is 134 Å². The number of halogens is 3. The van der Waals surface area contributed by atoms with Crippen LogP contribution in [0.3, 0.4) is 0 Å². The maximum atomic E-state index is 13.2. The van der Waals surface area contributed by atoms with Gasteiger partial charge in [-0.25, -0.2) is 17.9 Å². The Bertz CT molecular complexity index is 791. The van der Waals surface area contributed by atoms with Crippen molar-refractivity contribution in [3.8, 4) is 0 Å². The SMILES string of the molecule is Nc1cc(Nc2c(Cl)cc(F)cc2Br)ccc1S(N)(=O)=O. The lowest BCUT2D eigenvalue weighted by Gasteiger charge is -2.12. The van der Waals surface area contributed by atoms with Crippen molar-refractivity contribution in [3.05, 3.63) is 45.6 Å². The maximum Gasteiger partial charge on any atom is 0.240 e. The Kier molecular flexibility index (Phi) is 4.43. The van der Waals surface area contributed by atoms with Gasteiger partial charge in [-0.1, -0.05) is 11.6 Å². The first-order chi connectivity index (χ1) is 9.68. The third-order valence-corrected chi connectivity index (χ3v) is 4.50. The van der Waals surface area contributed by atoms with Gasteiger partial charge in [-0.15, -0.1) is 0 Å². The molecule has 0 saturated carbocycles. The van der Waals surface area contributed by atoms with Crippen LogP contribution in [0.25, 0.3) is 0 Å². The molecule has 2 rings (SSSR count). The van der Waals surface area contributed by atoms with E-state index < -0.39 is 15.8 Å². The van der Waals surface area contributed by atoms with Gasteiger partial charge in [0.15, 0.2) is 0 Å². The lowest BCUT2D eigenvalue weighted by molar-refractivity contribution is 0.598. The molecular weight excluding hydrogens is 385 g/mol. The summed E-state index contributed by atoms with van der Waals surface area (Å²) in [4.78, 5) is -0.169. The van der Waals surface area contributed by atoms with E-state index in [1.54, 1.807) is 0 Å². The zero-order chi connectivity index (χ0) is 15.8. The highest BCUT2D eigenvalue weighted by molar-refractivity contribution is 9.10. The van der Waals surface area contributed by atoms with E-state index in [1.807, 2.05) is 0 Å². The molecule has 21 heavy (non-hydrogen) atoms. The molecule has 0 aliphatic carbocycles. The number of nitrogen functional groups attached to an aromatic ring is 1. The predicted molar refractivity (Wildman–Crippen MR) is 84.6 cm³/mol. The summed E-state index contributed by atoms with van der Waals surface area (Å²) >= 11 is 9.13. The van der Waals surface area contributed by atoms with Gasteiger partial charge in [-0.2, -0.15) is 0 Å². The minimum atomic E-state index is -3.88. The van der Waals surface area contributed by atoms with E-state index in [9.17, 15) is 12.8 Å². The number of primary sulfonamides is 1. The topological polar surface area (TPSA) is 98.2 Å². The lowest BCUT2D eigenvalue weighted by atomic mass is 10.2. The van der Waals surface area contributed by atoms with Gasteiger partial charge in [0, 0.05) is 10.2 Å².